The summed E-state index contributed by atoms with van der Waals surface area (Å²) in [4.78, 5) is 7.35. The molecule has 10 nitrogen and oxygen atoms in total. The van der Waals surface area contributed by atoms with Gasteiger partial charge in [-0.2, -0.15) is 16.8 Å². The van der Waals surface area contributed by atoms with Crippen molar-refractivity contribution in [2.45, 2.75) is 0 Å². The van der Waals surface area contributed by atoms with Crippen LogP contribution in [-0.2, 0) is 20.4 Å². The molecule has 0 aliphatic carbocycles. The zero-order valence-electron chi connectivity index (χ0n) is 9.38. The third-order valence-corrected chi connectivity index (χ3v) is 3.83. The van der Waals surface area contributed by atoms with Gasteiger partial charge in [0.25, 0.3) is 20.4 Å². The van der Waals surface area contributed by atoms with Crippen molar-refractivity contribution in [2.24, 2.45) is 20.3 Å². The van der Waals surface area contributed by atoms with Gasteiger partial charge in [-0.15, -0.1) is 0 Å². The largest absolute Gasteiger partial charge is 0.299 e. The van der Waals surface area contributed by atoms with Gasteiger partial charge in [-0.1, -0.05) is 0 Å². The van der Waals surface area contributed by atoms with E-state index in [0.717, 1.165) is 8.61 Å². The third kappa shape index (κ3) is 4.56. The van der Waals surface area contributed by atoms with E-state index >= 15 is 0 Å². The van der Waals surface area contributed by atoms with Crippen LogP contribution in [0.5, 0.6) is 0 Å². The minimum Gasteiger partial charge on any atom is -0.273 e. The van der Waals surface area contributed by atoms with Crippen molar-refractivity contribution in [1.29, 1.82) is 0 Å². The molecule has 0 spiro atoms. The number of nitrogens with zero attached hydrogens (tertiary/aromatic N) is 4. The molecule has 18 heavy (non-hydrogen) atoms. The lowest BCUT2D eigenvalue weighted by Gasteiger charge is -2.07. The molecule has 0 saturated carbocycles. The monoisotopic (exact) mass is 298 g/mol. The van der Waals surface area contributed by atoms with Crippen molar-refractivity contribution in [3.8, 4) is 0 Å². The second kappa shape index (κ2) is 5.60. The van der Waals surface area contributed by atoms with E-state index in [1.807, 2.05) is 0 Å². The summed E-state index contributed by atoms with van der Waals surface area (Å²) in [6, 6.07) is 0. The van der Waals surface area contributed by atoms with Crippen LogP contribution in [0.1, 0.15) is 0 Å². The normalized spacial score (nSPS) is 19.0. The zero-order valence-corrected chi connectivity index (χ0v) is 11.0. The number of hydrogen-bond acceptors (Lipinski definition) is 6. The molecular weight excluding hydrogens is 284 g/mol. The van der Waals surface area contributed by atoms with Gasteiger partial charge in [0.05, 0.1) is 26.2 Å². The lowest BCUT2D eigenvalue weighted by Crippen LogP contribution is -2.34. The molecule has 2 aliphatic heterocycles. The standard InChI is InChI=1S/2C3H7N3O2S/c2*4-9(7,8)6-2-1-5-3-6/h2*3H,1-2H2,(H2,4,7,8). The summed E-state index contributed by atoms with van der Waals surface area (Å²) in [6.45, 7) is 1.77. The fourth-order valence-electron chi connectivity index (χ4n) is 1.11. The molecule has 104 valence electrons. The first-order valence-corrected chi connectivity index (χ1v) is 7.81. The highest BCUT2D eigenvalue weighted by molar-refractivity contribution is 7.87. The Morgan fingerprint density at radius 1 is 0.833 bits per heavy atom. The Labute approximate surface area is 105 Å². The highest BCUT2D eigenvalue weighted by atomic mass is 32.2. The minimum absolute atomic E-state index is 0.374. The first-order valence-electron chi connectivity index (χ1n) is 4.80. The van der Waals surface area contributed by atoms with Gasteiger partial charge in [0, 0.05) is 0 Å². The number of rotatable bonds is 2. The summed E-state index contributed by atoms with van der Waals surface area (Å²) in [5.41, 5.74) is 0. The van der Waals surface area contributed by atoms with Crippen LogP contribution < -0.4 is 10.3 Å². The second-order valence-corrected chi connectivity index (χ2v) is 6.35. The summed E-state index contributed by atoms with van der Waals surface area (Å²) in [6.07, 6.45) is 2.46. The molecule has 12 heteroatoms. The molecule has 0 aromatic heterocycles. The maximum absolute atomic E-state index is 10.4. The van der Waals surface area contributed by atoms with E-state index in [4.69, 9.17) is 10.3 Å². The Hall–Kier alpha value is -1.24. The van der Waals surface area contributed by atoms with E-state index in [1.54, 1.807) is 0 Å². The molecule has 0 fully saturated rings. The smallest absolute Gasteiger partial charge is 0.273 e. The van der Waals surface area contributed by atoms with Crippen molar-refractivity contribution in [3.63, 3.8) is 0 Å². The van der Waals surface area contributed by atoms with Crippen molar-refractivity contribution in [1.82, 2.24) is 8.61 Å². The van der Waals surface area contributed by atoms with Gasteiger partial charge in [-0.25, -0.2) is 18.9 Å². The third-order valence-electron chi connectivity index (χ3n) is 1.97. The molecule has 0 aromatic rings. The zero-order chi connectivity index (χ0) is 13.8. The van der Waals surface area contributed by atoms with Gasteiger partial charge in [0.1, 0.15) is 12.7 Å². The Morgan fingerprint density at radius 3 is 1.28 bits per heavy atom. The van der Waals surface area contributed by atoms with E-state index < -0.39 is 20.4 Å². The van der Waals surface area contributed by atoms with Gasteiger partial charge < -0.3 is 0 Å². The number of nitrogens with two attached hydrogens (primary N) is 2. The first kappa shape index (κ1) is 14.8. The Bertz CT molecular complexity index is 488. The highest BCUT2D eigenvalue weighted by Gasteiger charge is 2.16. The molecule has 0 saturated heterocycles. The SMILES string of the molecule is NS(=O)(=O)N1C=NCC1.NS(=O)(=O)N1C=NCC1. The van der Waals surface area contributed by atoms with E-state index in [9.17, 15) is 16.8 Å². The van der Waals surface area contributed by atoms with Crippen molar-refractivity contribution < 1.29 is 16.8 Å². The van der Waals surface area contributed by atoms with E-state index in [2.05, 4.69) is 9.98 Å². The quantitative estimate of drug-likeness (QED) is 0.560. The summed E-state index contributed by atoms with van der Waals surface area (Å²) in [7, 11) is -7.04. The van der Waals surface area contributed by atoms with Gasteiger partial charge in [-0.3, -0.25) is 9.98 Å². The highest BCUT2D eigenvalue weighted by Crippen LogP contribution is 1.96. The average molecular weight is 298 g/mol. The molecule has 0 amide bonds. The van der Waals surface area contributed by atoms with Crippen LogP contribution >= 0.6 is 0 Å². The lowest BCUT2D eigenvalue weighted by molar-refractivity contribution is 0.541. The number of aliphatic imine (C=N–C) groups is 2. The summed E-state index contributed by atoms with van der Waals surface area (Å²) >= 11 is 0. The summed E-state index contributed by atoms with van der Waals surface area (Å²) < 4.78 is 43.8. The maximum atomic E-state index is 10.4. The van der Waals surface area contributed by atoms with Crippen LogP contribution in [0.4, 0.5) is 0 Å². The topological polar surface area (TPSA) is 152 Å². The van der Waals surface area contributed by atoms with E-state index in [0.29, 0.717) is 26.2 Å². The molecule has 0 radical (unpaired) electrons. The van der Waals surface area contributed by atoms with Crippen molar-refractivity contribution in [2.75, 3.05) is 26.2 Å². The van der Waals surface area contributed by atoms with Crippen LogP contribution in [0, 0.1) is 0 Å². The fourth-order valence-corrected chi connectivity index (χ4v) is 2.18. The molecule has 4 N–H and O–H groups in total. The van der Waals surface area contributed by atoms with Crippen molar-refractivity contribution >= 4 is 33.1 Å². The molecule has 0 aromatic carbocycles. The van der Waals surface area contributed by atoms with Gasteiger partial charge in [0.15, 0.2) is 0 Å². The number of hydrogen-bond donors (Lipinski definition) is 2. The van der Waals surface area contributed by atoms with Gasteiger partial charge >= 0.3 is 0 Å². The molecule has 0 bridgehead atoms. The second-order valence-electron chi connectivity index (χ2n) is 3.35. The van der Waals surface area contributed by atoms with Gasteiger partial charge in [0.2, 0.25) is 0 Å². The Balaban J connectivity index is 0.000000180. The van der Waals surface area contributed by atoms with E-state index in [-0.39, 0.29) is 0 Å². The van der Waals surface area contributed by atoms with Gasteiger partial charge in [-0.05, 0) is 0 Å². The predicted molar refractivity (Wildman–Crippen MR) is 66.3 cm³/mol. The van der Waals surface area contributed by atoms with E-state index in [1.165, 1.54) is 12.7 Å². The maximum Gasteiger partial charge on any atom is 0.299 e. The van der Waals surface area contributed by atoms with Crippen LogP contribution in [0.25, 0.3) is 0 Å². The average Bonchev–Trinajstić information content (AvgIpc) is 2.91. The summed E-state index contributed by atoms with van der Waals surface area (Å²) in [5, 5.41) is 9.50. The Kier molecular flexibility index (Phi) is 4.61. The van der Waals surface area contributed by atoms with Crippen molar-refractivity contribution in [3.05, 3.63) is 0 Å². The van der Waals surface area contributed by atoms with Crippen LogP contribution in [0.3, 0.4) is 0 Å². The summed E-state index contributed by atoms with van der Waals surface area (Å²) in [5.74, 6) is 0. The van der Waals surface area contributed by atoms with Crippen LogP contribution in [0.2, 0.25) is 0 Å². The molecular formula is C6H14N6O4S2. The first-order chi connectivity index (χ1) is 8.21. The fraction of sp³-hybridized carbons (Fsp3) is 0.667. The molecule has 2 rings (SSSR count). The predicted octanol–water partition coefficient (Wildman–Crippen LogP) is -2.93. The molecule has 0 atom stereocenters. The van der Waals surface area contributed by atoms with Crippen LogP contribution in [-0.4, -0.2) is 64.3 Å². The Morgan fingerprint density at radius 2 is 1.17 bits per heavy atom. The molecule has 2 aliphatic rings. The van der Waals surface area contributed by atoms with Crippen LogP contribution in [0.15, 0.2) is 9.98 Å². The lowest BCUT2D eigenvalue weighted by atomic mass is 10.7. The minimum atomic E-state index is -3.52. The molecule has 2 heterocycles. The molecule has 0 unspecified atom stereocenters.